The number of ketones is 1. The zero-order valence-corrected chi connectivity index (χ0v) is 15.0. The number of ether oxygens (including phenoxy) is 1. The third kappa shape index (κ3) is 1.51. The molecular formula is C20H28O5. The molecule has 4 aliphatic carbocycles. The highest BCUT2D eigenvalue weighted by molar-refractivity contribution is 6.04. The fraction of sp³-hybridized carbons (Fsp3) is 0.850. The van der Waals surface area contributed by atoms with Gasteiger partial charge in [0.25, 0.3) is 0 Å². The minimum Gasteiger partial charge on any atom is -0.392 e. The second-order valence-electron chi connectivity index (χ2n) is 9.99. The fourth-order valence-electron chi connectivity index (χ4n) is 7.89. The first kappa shape index (κ1) is 16.4. The first-order valence-electron chi connectivity index (χ1n) is 9.57. The van der Waals surface area contributed by atoms with Gasteiger partial charge in [0.05, 0.1) is 24.2 Å². The molecule has 1 unspecified atom stereocenters. The number of aliphatic hydroxyl groups is 3. The van der Waals surface area contributed by atoms with E-state index in [1.165, 1.54) is 0 Å². The Labute approximate surface area is 148 Å². The molecule has 0 radical (unpaired) electrons. The lowest BCUT2D eigenvalue weighted by Gasteiger charge is -2.64. The van der Waals surface area contributed by atoms with E-state index in [0.717, 1.165) is 19.3 Å². The van der Waals surface area contributed by atoms with E-state index in [1.54, 1.807) is 0 Å². The number of rotatable bonds is 0. The smallest absolute Gasteiger partial charge is 0.170 e. The van der Waals surface area contributed by atoms with Gasteiger partial charge < -0.3 is 20.1 Å². The monoisotopic (exact) mass is 348 g/mol. The van der Waals surface area contributed by atoms with Crippen molar-refractivity contribution in [1.82, 2.24) is 0 Å². The molecule has 138 valence electrons. The molecule has 1 saturated heterocycles. The normalized spacial score (nSPS) is 58.8. The molecular weight excluding hydrogens is 320 g/mol. The molecule has 5 heteroatoms. The predicted molar refractivity (Wildman–Crippen MR) is 89.3 cm³/mol. The van der Waals surface area contributed by atoms with Crippen LogP contribution in [-0.4, -0.2) is 45.7 Å². The highest BCUT2D eigenvalue weighted by Gasteiger charge is 2.82. The maximum Gasteiger partial charge on any atom is 0.170 e. The molecule has 3 N–H and O–H groups in total. The summed E-state index contributed by atoms with van der Waals surface area (Å²) in [5.74, 6) is -2.61. The Kier molecular flexibility index (Phi) is 2.88. The Balaban J connectivity index is 1.77. The lowest BCUT2D eigenvalue weighted by atomic mass is 9.39. The molecule has 1 aliphatic heterocycles. The minimum absolute atomic E-state index is 0.00983. The van der Waals surface area contributed by atoms with Gasteiger partial charge in [-0.15, -0.1) is 0 Å². The summed E-state index contributed by atoms with van der Waals surface area (Å²) in [5, 5.41) is 33.7. The molecule has 1 heterocycles. The zero-order chi connectivity index (χ0) is 18.0. The summed E-state index contributed by atoms with van der Waals surface area (Å²) in [4.78, 5) is 13.3. The summed E-state index contributed by atoms with van der Waals surface area (Å²) in [6.07, 6.45) is 1.69. The van der Waals surface area contributed by atoms with Gasteiger partial charge in [-0.3, -0.25) is 4.79 Å². The standard InChI is InChI=1S/C20H28O5/c1-10-11-8-19(24)16-18(9-25-19)6-4-5-17(2,3)12(18)7-13(21)20(16,14(10)22)15(11)23/h11-13,15-16,21,23-24H,1,4-9H2,2-3H3/t11-,12+,13+,15?,16+,18-,19+,20+/m0/s1. The van der Waals surface area contributed by atoms with E-state index in [2.05, 4.69) is 20.4 Å². The number of hydrogen-bond donors (Lipinski definition) is 3. The quantitative estimate of drug-likeness (QED) is 0.576. The number of carbonyl (C=O) groups is 1. The molecule has 5 nitrogen and oxygen atoms in total. The summed E-state index contributed by atoms with van der Waals surface area (Å²) in [6, 6.07) is 0. The van der Waals surface area contributed by atoms with Crippen LogP contribution in [0.4, 0.5) is 0 Å². The molecule has 0 amide bonds. The minimum atomic E-state index is -1.45. The third-order valence-corrected chi connectivity index (χ3v) is 8.72. The molecule has 0 aromatic rings. The Morgan fingerprint density at radius 3 is 2.68 bits per heavy atom. The highest BCUT2D eigenvalue weighted by Crippen LogP contribution is 2.75. The van der Waals surface area contributed by atoms with E-state index in [9.17, 15) is 20.1 Å². The van der Waals surface area contributed by atoms with Crippen molar-refractivity contribution in [3.05, 3.63) is 12.2 Å². The van der Waals surface area contributed by atoms with E-state index in [-0.39, 0.29) is 29.0 Å². The molecule has 0 aromatic heterocycles. The van der Waals surface area contributed by atoms with Crippen LogP contribution in [0.5, 0.6) is 0 Å². The lowest BCUT2D eigenvalue weighted by Crippen LogP contribution is -2.71. The van der Waals surface area contributed by atoms with Crippen molar-refractivity contribution < 1.29 is 24.9 Å². The SMILES string of the molecule is C=C1C(=O)[C@@]23C(O)[C@H]1C[C@@]1(O)OC[C@]4(CCCC(C)(C)[C@H]4C[C@H]2O)[C@@H]31. The summed E-state index contributed by atoms with van der Waals surface area (Å²) < 4.78 is 6.02. The summed E-state index contributed by atoms with van der Waals surface area (Å²) >= 11 is 0. The molecule has 8 atom stereocenters. The first-order chi connectivity index (χ1) is 11.6. The molecule has 2 spiro atoms. The van der Waals surface area contributed by atoms with E-state index in [1.807, 2.05) is 0 Å². The number of carbonyl (C=O) groups excluding carboxylic acids is 1. The van der Waals surface area contributed by atoms with Gasteiger partial charge in [0.1, 0.15) is 0 Å². The highest BCUT2D eigenvalue weighted by atomic mass is 16.6. The van der Waals surface area contributed by atoms with E-state index >= 15 is 0 Å². The fourth-order valence-corrected chi connectivity index (χ4v) is 7.89. The van der Waals surface area contributed by atoms with Gasteiger partial charge in [-0.25, -0.2) is 0 Å². The van der Waals surface area contributed by atoms with Crippen molar-refractivity contribution in [2.45, 2.75) is 63.9 Å². The molecule has 25 heavy (non-hydrogen) atoms. The number of hydrogen-bond acceptors (Lipinski definition) is 5. The van der Waals surface area contributed by atoms with Crippen LogP contribution in [0.15, 0.2) is 12.2 Å². The van der Waals surface area contributed by atoms with Crippen LogP contribution in [0, 0.1) is 34.0 Å². The Bertz CT molecular complexity index is 686. The van der Waals surface area contributed by atoms with Crippen molar-refractivity contribution in [3.8, 4) is 0 Å². The summed E-state index contributed by atoms with van der Waals surface area (Å²) in [5.41, 5.74) is -1.35. The second kappa shape index (κ2) is 4.38. The third-order valence-electron chi connectivity index (χ3n) is 8.72. The molecule has 5 rings (SSSR count). The molecule has 0 aromatic carbocycles. The lowest BCUT2D eigenvalue weighted by molar-refractivity contribution is -0.293. The number of Topliss-reactive ketones (excluding diaryl/α,β-unsaturated/α-hetero) is 1. The second-order valence-corrected chi connectivity index (χ2v) is 9.99. The molecule has 2 bridgehead atoms. The van der Waals surface area contributed by atoms with Crippen LogP contribution in [0.1, 0.15) is 46.0 Å². The van der Waals surface area contributed by atoms with Crippen LogP contribution in [-0.2, 0) is 9.53 Å². The van der Waals surface area contributed by atoms with Crippen molar-refractivity contribution in [2.75, 3.05) is 6.61 Å². The van der Waals surface area contributed by atoms with Gasteiger partial charge >= 0.3 is 0 Å². The summed E-state index contributed by atoms with van der Waals surface area (Å²) in [7, 11) is 0. The van der Waals surface area contributed by atoms with Gasteiger partial charge in [0.2, 0.25) is 0 Å². The van der Waals surface area contributed by atoms with Crippen molar-refractivity contribution in [2.24, 2.45) is 34.0 Å². The van der Waals surface area contributed by atoms with E-state index in [4.69, 9.17) is 4.74 Å². The van der Waals surface area contributed by atoms with Crippen molar-refractivity contribution in [1.29, 1.82) is 0 Å². The first-order valence-corrected chi connectivity index (χ1v) is 9.57. The number of aliphatic hydroxyl groups excluding tert-OH is 2. The van der Waals surface area contributed by atoms with Gasteiger partial charge in [-0.05, 0) is 36.2 Å². The van der Waals surface area contributed by atoms with Crippen molar-refractivity contribution in [3.63, 3.8) is 0 Å². The molecule has 5 aliphatic rings. The average molecular weight is 348 g/mol. The van der Waals surface area contributed by atoms with Crippen LogP contribution in [0.2, 0.25) is 0 Å². The Hall–Kier alpha value is -0.750. The van der Waals surface area contributed by atoms with E-state index in [0.29, 0.717) is 18.6 Å². The van der Waals surface area contributed by atoms with Crippen LogP contribution >= 0.6 is 0 Å². The maximum absolute atomic E-state index is 13.3. The molecule has 4 saturated carbocycles. The Morgan fingerprint density at radius 2 is 1.96 bits per heavy atom. The van der Waals surface area contributed by atoms with Gasteiger partial charge in [-0.2, -0.15) is 0 Å². The largest absolute Gasteiger partial charge is 0.392 e. The van der Waals surface area contributed by atoms with Crippen LogP contribution in [0.25, 0.3) is 0 Å². The Morgan fingerprint density at radius 1 is 1.24 bits per heavy atom. The zero-order valence-electron chi connectivity index (χ0n) is 15.0. The predicted octanol–water partition coefficient (Wildman–Crippen LogP) is 1.40. The van der Waals surface area contributed by atoms with E-state index < -0.39 is 35.2 Å². The maximum atomic E-state index is 13.3. The van der Waals surface area contributed by atoms with Crippen molar-refractivity contribution >= 4 is 5.78 Å². The summed E-state index contributed by atoms with van der Waals surface area (Å²) in [6.45, 7) is 8.76. The van der Waals surface area contributed by atoms with Crippen LogP contribution < -0.4 is 0 Å². The van der Waals surface area contributed by atoms with Gasteiger partial charge in [0, 0.05) is 23.7 Å². The van der Waals surface area contributed by atoms with Gasteiger partial charge in [-0.1, -0.05) is 26.8 Å². The van der Waals surface area contributed by atoms with Crippen LogP contribution in [0.3, 0.4) is 0 Å². The average Bonchev–Trinajstić information content (AvgIpc) is 2.89. The topological polar surface area (TPSA) is 87.0 Å². The number of fused-ring (bicyclic) bond motifs is 1. The molecule has 5 fully saturated rings. The van der Waals surface area contributed by atoms with Gasteiger partial charge in [0.15, 0.2) is 11.6 Å².